The maximum absolute atomic E-state index is 12.8. The van der Waals surface area contributed by atoms with Crippen LogP contribution in [0, 0.1) is 11.6 Å². The molecular formula is C7H9ClF2N2O. The molecule has 1 rings (SSSR count). The molecule has 0 atom stereocenters. The Morgan fingerprint density at radius 1 is 1.31 bits per heavy atom. The zero-order valence-electron chi connectivity index (χ0n) is 6.80. The third kappa shape index (κ3) is 2.43. The maximum Gasteiger partial charge on any atom is 0.190 e. The highest BCUT2D eigenvalue weighted by Crippen LogP contribution is 2.24. The molecule has 0 aliphatic heterocycles. The normalized spacial score (nSPS) is 8.92. The highest BCUT2D eigenvalue weighted by atomic mass is 35.5. The van der Waals surface area contributed by atoms with Crippen LogP contribution in [0.1, 0.15) is 0 Å². The van der Waals surface area contributed by atoms with Crippen LogP contribution in [-0.4, -0.2) is 7.11 Å². The number of nitrogens with one attached hydrogen (secondary N) is 1. The Hall–Kier alpha value is -1.07. The third-order valence-corrected chi connectivity index (χ3v) is 1.37. The molecule has 0 aromatic heterocycles. The van der Waals surface area contributed by atoms with Gasteiger partial charge in [0.1, 0.15) is 0 Å². The molecule has 0 unspecified atom stereocenters. The van der Waals surface area contributed by atoms with Gasteiger partial charge in [0.2, 0.25) is 0 Å². The van der Waals surface area contributed by atoms with Crippen molar-refractivity contribution in [3.63, 3.8) is 0 Å². The molecule has 6 heteroatoms. The first-order valence-corrected chi connectivity index (χ1v) is 3.18. The van der Waals surface area contributed by atoms with Crippen molar-refractivity contribution in [2.24, 2.45) is 5.84 Å². The van der Waals surface area contributed by atoms with Gasteiger partial charge in [0, 0.05) is 12.1 Å². The number of hydrogen-bond acceptors (Lipinski definition) is 3. The monoisotopic (exact) mass is 210 g/mol. The van der Waals surface area contributed by atoms with Crippen molar-refractivity contribution in [2.75, 3.05) is 12.5 Å². The van der Waals surface area contributed by atoms with Crippen LogP contribution >= 0.6 is 12.4 Å². The fourth-order valence-electron chi connectivity index (χ4n) is 0.838. The second-order valence-electron chi connectivity index (χ2n) is 2.12. The van der Waals surface area contributed by atoms with Gasteiger partial charge in [-0.15, -0.1) is 12.4 Å². The van der Waals surface area contributed by atoms with Crippen molar-refractivity contribution in [2.45, 2.75) is 0 Å². The van der Waals surface area contributed by atoms with E-state index >= 15 is 0 Å². The minimum Gasteiger partial charge on any atom is -0.491 e. The number of hydrogen-bond donors (Lipinski definition) is 2. The number of nitrogens with two attached hydrogens (primary N) is 1. The molecule has 0 bridgehead atoms. The molecule has 0 saturated carbocycles. The molecule has 3 N–H and O–H groups in total. The number of halogens is 3. The summed E-state index contributed by atoms with van der Waals surface area (Å²) < 4.78 is 30.1. The Kier molecular flexibility index (Phi) is 4.44. The lowest BCUT2D eigenvalue weighted by atomic mass is 10.3. The van der Waals surface area contributed by atoms with Crippen molar-refractivity contribution in [3.8, 4) is 5.75 Å². The second-order valence-corrected chi connectivity index (χ2v) is 2.12. The van der Waals surface area contributed by atoms with Crippen molar-refractivity contribution < 1.29 is 13.5 Å². The van der Waals surface area contributed by atoms with Crippen molar-refractivity contribution in [3.05, 3.63) is 23.8 Å². The Bertz CT molecular complexity index is 273. The van der Waals surface area contributed by atoms with E-state index in [0.717, 1.165) is 12.1 Å². The van der Waals surface area contributed by atoms with Gasteiger partial charge in [-0.3, -0.25) is 5.84 Å². The summed E-state index contributed by atoms with van der Waals surface area (Å²) in [5.74, 6) is 2.97. The number of hydrazine groups is 1. The van der Waals surface area contributed by atoms with Crippen LogP contribution in [-0.2, 0) is 0 Å². The molecule has 0 saturated heterocycles. The number of ether oxygens (including phenoxy) is 1. The summed E-state index contributed by atoms with van der Waals surface area (Å²) in [6.07, 6.45) is 0. The molecule has 13 heavy (non-hydrogen) atoms. The van der Waals surface area contributed by atoms with E-state index in [9.17, 15) is 8.78 Å². The van der Waals surface area contributed by atoms with Crippen LogP contribution in [0.25, 0.3) is 0 Å². The summed E-state index contributed by atoms with van der Waals surface area (Å²) in [6, 6.07) is 2.09. The molecule has 0 heterocycles. The lowest BCUT2D eigenvalue weighted by Crippen LogP contribution is -2.07. The lowest BCUT2D eigenvalue weighted by molar-refractivity contribution is 0.360. The standard InChI is InChI=1S/C7H8F2N2O.ClH/c1-12-7-5(8)2-4(11-10)3-6(7)9;/h2-3,11H,10H2,1H3;1H. The Morgan fingerprint density at radius 3 is 2.08 bits per heavy atom. The quantitative estimate of drug-likeness (QED) is 0.577. The molecule has 3 nitrogen and oxygen atoms in total. The molecule has 1 aromatic rings. The van der Waals surface area contributed by atoms with Crippen LogP contribution in [0.5, 0.6) is 5.75 Å². The van der Waals surface area contributed by atoms with E-state index in [4.69, 9.17) is 5.84 Å². The molecule has 0 amide bonds. The first kappa shape index (κ1) is 11.9. The number of nitrogen functional groups attached to an aromatic ring is 1. The van der Waals surface area contributed by atoms with Gasteiger partial charge in [-0.05, 0) is 0 Å². The Labute approximate surface area is 80.3 Å². The van der Waals surface area contributed by atoms with Crippen LogP contribution in [0.2, 0.25) is 0 Å². The lowest BCUT2D eigenvalue weighted by Gasteiger charge is -2.05. The highest BCUT2D eigenvalue weighted by molar-refractivity contribution is 5.85. The predicted molar refractivity (Wildman–Crippen MR) is 48.0 cm³/mol. The molecule has 0 fully saturated rings. The van der Waals surface area contributed by atoms with Crippen molar-refractivity contribution in [1.82, 2.24) is 0 Å². The predicted octanol–water partition coefficient (Wildman–Crippen LogP) is 1.68. The summed E-state index contributed by atoms with van der Waals surface area (Å²) in [5, 5.41) is 0. The van der Waals surface area contributed by atoms with E-state index in [0.29, 0.717) is 0 Å². The number of methoxy groups -OCH3 is 1. The zero-order valence-corrected chi connectivity index (χ0v) is 7.62. The molecule has 1 aromatic carbocycles. The summed E-state index contributed by atoms with van der Waals surface area (Å²) in [5.41, 5.74) is 2.28. The van der Waals surface area contributed by atoms with Gasteiger partial charge in [-0.25, -0.2) is 8.78 Å². The Morgan fingerprint density at radius 2 is 1.77 bits per heavy atom. The zero-order chi connectivity index (χ0) is 9.14. The average molecular weight is 211 g/mol. The highest BCUT2D eigenvalue weighted by Gasteiger charge is 2.10. The molecule has 0 spiro atoms. The second kappa shape index (κ2) is 4.84. The van der Waals surface area contributed by atoms with Crippen LogP contribution in [0.3, 0.4) is 0 Å². The molecule has 0 aliphatic rings. The third-order valence-electron chi connectivity index (χ3n) is 1.37. The molecular weight excluding hydrogens is 202 g/mol. The van der Waals surface area contributed by atoms with E-state index < -0.39 is 17.4 Å². The minimum atomic E-state index is -0.787. The Balaban J connectivity index is 0.00000144. The number of rotatable bonds is 2. The van der Waals surface area contributed by atoms with Gasteiger partial charge >= 0.3 is 0 Å². The summed E-state index contributed by atoms with van der Waals surface area (Å²) in [4.78, 5) is 0. The van der Waals surface area contributed by atoms with Gasteiger partial charge in [-0.2, -0.15) is 0 Å². The smallest absolute Gasteiger partial charge is 0.190 e. The first-order chi connectivity index (χ1) is 5.69. The largest absolute Gasteiger partial charge is 0.491 e. The van der Waals surface area contributed by atoms with Crippen LogP contribution in [0.4, 0.5) is 14.5 Å². The van der Waals surface area contributed by atoms with Crippen LogP contribution < -0.4 is 16.0 Å². The first-order valence-electron chi connectivity index (χ1n) is 3.18. The van der Waals surface area contributed by atoms with E-state index in [2.05, 4.69) is 10.2 Å². The number of anilines is 1. The van der Waals surface area contributed by atoms with Gasteiger partial charge in [0.05, 0.1) is 12.8 Å². The maximum atomic E-state index is 12.8. The SMILES string of the molecule is COc1c(F)cc(NN)cc1F.Cl. The molecule has 0 radical (unpaired) electrons. The van der Waals surface area contributed by atoms with E-state index in [1.165, 1.54) is 7.11 Å². The van der Waals surface area contributed by atoms with E-state index in [1.807, 2.05) is 0 Å². The van der Waals surface area contributed by atoms with Gasteiger partial charge in [0.15, 0.2) is 17.4 Å². The summed E-state index contributed by atoms with van der Waals surface area (Å²) >= 11 is 0. The van der Waals surface area contributed by atoms with E-state index in [1.54, 1.807) is 0 Å². The van der Waals surface area contributed by atoms with Gasteiger partial charge < -0.3 is 10.2 Å². The summed E-state index contributed by atoms with van der Waals surface area (Å²) in [7, 11) is 1.19. The fraction of sp³-hybridized carbons (Fsp3) is 0.143. The van der Waals surface area contributed by atoms with Crippen LogP contribution in [0.15, 0.2) is 12.1 Å². The molecule has 74 valence electrons. The van der Waals surface area contributed by atoms with Gasteiger partial charge in [0.25, 0.3) is 0 Å². The van der Waals surface area contributed by atoms with E-state index in [-0.39, 0.29) is 18.1 Å². The van der Waals surface area contributed by atoms with Crippen molar-refractivity contribution >= 4 is 18.1 Å². The fourth-order valence-corrected chi connectivity index (χ4v) is 0.838. The molecule has 0 aliphatic carbocycles. The summed E-state index contributed by atoms with van der Waals surface area (Å²) in [6.45, 7) is 0. The topological polar surface area (TPSA) is 47.3 Å². The van der Waals surface area contributed by atoms with Gasteiger partial charge in [-0.1, -0.05) is 0 Å². The number of benzene rings is 1. The average Bonchev–Trinajstić information content (AvgIpc) is 2.03. The minimum absolute atomic E-state index is 0. The van der Waals surface area contributed by atoms with Crippen molar-refractivity contribution in [1.29, 1.82) is 0 Å².